The van der Waals surface area contributed by atoms with Crippen molar-refractivity contribution in [3.05, 3.63) is 0 Å². The summed E-state index contributed by atoms with van der Waals surface area (Å²) >= 11 is 0. The summed E-state index contributed by atoms with van der Waals surface area (Å²) in [6.07, 6.45) is 11.5. The summed E-state index contributed by atoms with van der Waals surface area (Å²) in [5.41, 5.74) is 0. The van der Waals surface area contributed by atoms with E-state index in [0.717, 1.165) is 12.5 Å². The molecule has 110 valence electrons. The van der Waals surface area contributed by atoms with E-state index in [2.05, 4.69) is 9.80 Å². The molecular weight excluding hydrogens is 236 g/mol. The highest BCUT2D eigenvalue weighted by molar-refractivity contribution is 4.91. The summed E-state index contributed by atoms with van der Waals surface area (Å²) in [4.78, 5) is 5.30. The largest absolute Gasteiger partial charge is 0.391 e. The standard InChI is InChI=1S/C16H30N2O/c19-16-8-4-2-1-3-7-15(16)18-12-9-14(13-18)17-10-5-6-11-17/h14-16,19H,1-13H2. The van der Waals surface area contributed by atoms with Gasteiger partial charge in [0.2, 0.25) is 0 Å². The van der Waals surface area contributed by atoms with Crippen LogP contribution < -0.4 is 0 Å². The van der Waals surface area contributed by atoms with Crippen LogP contribution in [0.3, 0.4) is 0 Å². The van der Waals surface area contributed by atoms with Gasteiger partial charge in [0, 0.05) is 25.2 Å². The van der Waals surface area contributed by atoms with Crippen molar-refractivity contribution < 1.29 is 5.11 Å². The van der Waals surface area contributed by atoms with Crippen molar-refractivity contribution in [3.63, 3.8) is 0 Å². The van der Waals surface area contributed by atoms with Crippen molar-refractivity contribution in [1.82, 2.24) is 9.80 Å². The summed E-state index contributed by atoms with van der Waals surface area (Å²) in [6.45, 7) is 5.04. The number of rotatable bonds is 2. The number of nitrogens with zero attached hydrogens (tertiary/aromatic N) is 2. The third-order valence-electron chi connectivity index (χ3n) is 5.51. The molecule has 2 saturated heterocycles. The van der Waals surface area contributed by atoms with Gasteiger partial charge in [0.25, 0.3) is 0 Å². The van der Waals surface area contributed by atoms with Gasteiger partial charge in [-0.2, -0.15) is 0 Å². The highest BCUT2D eigenvalue weighted by atomic mass is 16.3. The lowest BCUT2D eigenvalue weighted by molar-refractivity contribution is 0.0396. The van der Waals surface area contributed by atoms with Crippen molar-refractivity contribution in [2.24, 2.45) is 0 Å². The molecule has 0 aromatic heterocycles. The number of hydrogen-bond donors (Lipinski definition) is 1. The third-order valence-corrected chi connectivity index (χ3v) is 5.51. The summed E-state index contributed by atoms with van der Waals surface area (Å²) in [7, 11) is 0. The molecule has 0 spiro atoms. The van der Waals surface area contributed by atoms with Gasteiger partial charge in [-0.05, 0) is 45.2 Å². The Morgan fingerprint density at radius 2 is 1.42 bits per heavy atom. The molecule has 1 saturated carbocycles. The molecule has 3 atom stereocenters. The Kier molecular flexibility index (Phi) is 4.78. The minimum Gasteiger partial charge on any atom is -0.391 e. The Hall–Kier alpha value is -0.120. The molecule has 0 aromatic carbocycles. The lowest BCUT2D eigenvalue weighted by Gasteiger charge is -2.34. The van der Waals surface area contributed by atoms with Crippen LogP contribution in [0.5, 0.6) is 0 Å². The number of likely N-dealkylation sites (tertiary alicyclic amines) is 2. The smallest absolute Gasteiger partial charge is 0.0695 e. The van der Waals surface area contributed by atoms with Crippen LogP contribution in [0, 0.1) is 0 Å². The molecule has 3 nitrogen and oxygen atoms in total. The van der Waals surface area contributed by atoms with Crippen LogP contribution in [0.25, 0.3) is 0 Å². The molecule has 0 amide bonds. The average molecular weight is 266 g/mol. The van der Waals surface area contributed by atoms with Crippen LogP contribution in [0.1, 0.15) is 57.8 Å². The van der Waals surface area contributed by atoms with Gasteiger partial charge in [-0.15, -0.1) is 0 Å². The van der Waals surface area contributed by atoms with Crippen LogP contribution in [-0.2, 0) is 0 Å². The highest BCUT2D eigenvalue weighted by Crippen LogP contribution is 2.27. The van der Waals surface area contributed by atoms with E-state index in [4.69, 9.17) is 0 Å². The van der Waals surface area contributed by atoms with E-state index in [1.54, 1.807) is 0 Å². The minimum atomic E-state index is -0.0716. The highest BCUT2D eigenvalue weighted by Gasteiger charge is 2.35. The van der Waals surface area contributed by atoms with Crippen LogP contribution in [0.4, 0.5) is 0 Å². The molecule has 2 aliphatic heterocycles. The topological polar surface area (TPSA) is 26.7 Å². The van der Waals surface area contributed by atoms with Gasteiger partial charge in [-0.1, -0.05) is 25.7 Å². The first-order valence-corrected chi connectivity index (χ1v) is 8.51. The molecule has 0 radical (unpaired) electrons. The van der Waals surface area contributed by atoms with E-state index >= 15 is 0 Å². The Morgan fingerprint density at radius 3 is 2.21 bits per heavy atom. The maximum atomic E-state index is 10.4. The molecule has 3 aliphatic rings. The van der Waals surface area contributed by atoms with E-state index in [9.17, 15) is 5.11 Å². The molecule has 0 bridgehead atoms. The zero-order valence-electron chi connectivity index (χ0n) is 12.3. The molecule has 19 heavy (non-hydrogen) atoms. The monoisotopic (exact) mass is 266 g/mol. The Balaban J connectivity index is 1.55. The van der Waals surface area contributed by atoms with E-state index in [1.807, 2.05) is 0 Å². The van der Waals surface area contributed by atoms with Gasteiger partial charge in [0.15, 0.2) is 0 Å². The molecule has 3 rings (SSSR count). The zero-order chi connectivity index (χ0) is 13.1. The fourth-order valence-electron chi connectivity index (χ4n) is 4.35. The fourth-order valence-corrected chi connectivity index (χ4v) is 4.35. The lowest BCUT2D eigenvalue weighted by atomic mass is 9.93. The van der Waals surface area contributed by atoms with Gasteiger partial charge >= 0.3 is 0 Å². The van der Waals surface area contributed by atoms with Crippen molar-refractivity contribution in [2.75, 3.05) is 26.2 Å². The van der Waals surface area contributed by atoms with E-state index in [1.165, 1.54) is 77.5 Å². The molecule has 3 fully saturated rings. The third kappa shape index (κ3) is 3.32. The minimum absolute atomic E-state index is 0.0716. The van der Waals surface area contributed by atoms with Crippen LogP contribution in [0.15, 0.2) is 0 Å². The quantitative estimate of drug-likeness (QED) is 0.830. The first kappa shape index (κ1) is 13.8. The summed E-state index contributed by atoms with van der Waals surface area (Å²) in [6, 6.07) is 1.23. The van der Waals surface area contributed by atoms with Gasteiger partial charge in [-0.25, -0.2) is 0 Å². The number of hydrogen-bond acceptors (Lipinski definition) is 3. The van der Waals surface area contributed by atoms with E-state index < -0.39 is 0 Å². The number of aliphatic hydroxyl groups excluding tert-OH is 1. The summed E-state index contributed by atoms with van der Waals surface area (Å²) < 4.78 is 0. The molecule has 0 aromatic rings. The molecule has 3 heteroatoms. The van der Waals surface area contributed by atoms with Crippen molar-refractivity contribution >= 4 is 0 Å². The zero-order valence-corrected chi connectivity index (χ0v) is 12.3. The molecule has 1 aliphatic carbocycles. The maximum absolute atomic E-state index is 10.4. The van der Waals surface area contributed by atoms with E-state index in [0.29, 0.717) is 6.04 Å². The second-order valence-corrected chi connectivity index (χ2v) is 6.81. The first-order chi connectivity index (χ1) is 9.34. The lowest BCUT2D eigenvalue weighted by Crippen LogP contribution is -2.44. The van der Waals surface area contributed by atoms with Gasteiger partial charge < -0.3 is 5.11 Å². The summed E-state index contributed by atoms with van der Waals surface area (Å²) in [5.74, 6) is 0. The second kappa shape index (κ2) is 6.55. The summed E-state index contributed by atoms with van der Waals surface area (Å²) in [5, 5.41) is 10.4. The van der Waals surface area contributed by atoms with Gasteiger partial charge in [0.1, 0.15) is 0 Å². The SMILES string of the molecule is OC1CCCCCCC1N1CCC(N2CCCC2)C1. The fraction of sp³-hybridized carbons (Fsp3) is 1.00. The maximum Gasteiger partial charge on any atom is 0.0695 e. The van der Waals surface area contributed by atoms with Crippen molar-refractivity contribution in [3.8, 4) is 0 Å². The van der Waals surface area contributed by atoms with E-state index in [-0.39, 0.29) is 6.10 Å². The molecule has 2 heterocycles. The molecule has 1 N–H and O–H groups in total. The number of aliphatic hydroxyl groups is 1. The molecule has 3 unspecified atom stereocenters. The Morgan fingerprint density at radius 1 is 0.684 bits per heavy atom. The Bertz CT molecular complexity index is 278. The average Bonchev–Trinajstić information content (AvgIpc) is 3.04. The normalized spacial score (nSPS) is 39.3. The van der Waals surface area contributed by atoms with Crippen LogP contribution in [0.2, 0.25) is 0 Å². The second-order valence-electron chi connectivity index (χ2n) is 6.81. The van der Waals surface area contributed by atoms with Gasteiger partial charge in [0.05, 0.1) is 6.10 Å². The van der Waals surface area contributed by atoms with Crippen LogP contribution in [-0.4, -0.2) is 59.3 Å². The molecular formula is C16H30N2O. The van der Waals surface area contributed by atoms with Crippen molar-refractivity contribution in [1.29, 1.82) is 0 Å². The van der Waals surface area contributed by atoms with Gasteiger partial charge in [-0.3, -0.25) is 9.80 Å². The van der Waals surface area contributed by atoms with Crippen molar-refractivity contribution in [2.45, 2.75) is 76.0 Å². The first-order valence-electron chi connectivity index (χ1n) is 8.51. The Labute approximate surface area is 118 Å². The predicted molar refractivity (Wildman–Crippen MR) is 78.3 cm³/mol. The predicted octanol–water partition coefficient (Wildman–Crippen LogP) is 2.24. The van der Waals surface area contributed by atoms with Crippen LogP contribution >= 0.6 is 0 Å².